The van der Waals surface area contributed by atoms with Gasteiger partial charge in [0.25, 0.3) is 0 Å². The van der Waals surface area contributed by atoms with Crippen molar-refractivity contribution in [2.75, 3.05) is 0 Å². The van der Waals surface area contributed by atoms with E-state index in [0.29, 0.717) is 0 Å². The fraction of sp³-hybridized carbons (Fsp3) is 0.941. The van der Waals surface area contributed by atoms with Gasteiger partial charge in [-0.1, -0.05) is 98.8 Å². The van der Waals surface area contributed by atoms with E-state index in [1.165, 1.54) is 64.2 Å². The summed E-state index contributed by atoms with van der Waals surface area (Å²) >= 11 is 0. The average molecular weight is 250 g/mol. The predicted octanol–water partition coefficient (Wildman–Crippen LogP) is 4.19. The van der Waals surface area contributed by atoms with Gasteiger partial charge in [0.05, 0.1) is 0 Å². The molecular formula is C17H39Li. The van der Waals surface area contributed by atoms with Crippen LogP contribution in [0.4, 0.5) is 0 Å². The molecule has 0 saturated heterocycles. The molecule has 0 radical (unpaired) electrons. The summed E-state index contributed by atoms with van der Waals surface area (Å²) < 4.78 is 0. The number of hydrogen-bond donors (Lipinski definition) is 0. The van der Waals surface area contributed by atoms with Gasteiger partial charge in [-0.2, -0.15) is 6.42 Å². The second-order valence-corrected chi connectivity index (χ2v) is 4.62. The van der Waals surface area contributed by atoms with Crippen molar-refractivity contribution in [3.63, 3.8) is 0 Å². The number of rotatable bonds is 8. The molecule has 0 aromatic rings. The summed E-state index contributed by atoms with van der Waals surface area (Å²) in [6.07, 6.45) is 15.0. The number of hydrogen-bond acceptors (Lipinski definition) is 0. The molecule has 18 heavy (non-hydrogen) atoms. The third kappa shape index (κ3) is 54.6. The smallest absolute Gasteiger partial charge is 0.344 e. The summed E-state index contributed by atoms with van der Waals surface area (Å²) in [4.78, 5) is 0. The van der Waals surface area contributed by atoms with Crippen LogP contribution in [0.2, 0.25) is 0 Å². The first-order valence-electron chi connectivity index (χ1n) is 8.04. The zero-order valence-corrected chi connectivity index (χ0v) is 14.5. The first kappa shape index (κ1) is 27.0. The van der Waals surface area contributed by atoms with Crippen molar-refractivity contribution in [2.24, 2.45) is 0 Å². The minimum atomic E-state index is 0. The van der Waals surface area contributed by atoms with Crippen molar-refractivity contribution in [3.05, 3.63) is 6.92 Å². The van der Waals surface area contributed by atoms with Gasteiger partial charge in [-0.3, -0.25) is 0 Å². The van der Waals surface area contributed by atoms with Gasteiger partial charge in [0.15, 0.2) is 0 Å². The fourth-order valence-corrected chi connectivity index (χ4v) is 1.35. The standard InChI is InChI=1S/2C7H16.C3H7.Li/c2*1-3-5-7-6-4-2;1-3-2;/h2*3-7H2,1-2H3;1,3H2,2H3;/q;;-1;+1. The molecular weight excluding hydrogens is 211 g/mol. The normalized spacial score (nSPS) is 8.33. The third-order valence-corrected chi connectivity index (χ3v) is 2.41. The SMILES string of the molecule is CCCCCCC.CCCCCCC.[CH2-]CC.[Li+]. The Balaban J connectivity index is -0.0000000857. The Hall–Kier alpha value is 0.597. The summed E-state index contributed by atoms with van der Waals surface area (Å²) in [6, 6.07) is 0. The Labute approximate surface area is 131 Å². The van der Waals surface area contributed by atoms with Crippen molar-refractivity contribution < 1.29 is 18.9 Å². The third-order valence-electron chi connectivity index (χ3n) is 2.41. The maximum absolute atomic E-state index is 3.49. The van der Waals surface area contributed by atoms with Crippen LogP contribution in [0.3, 0.4) is 0 Å². The molecule has 0 aliphatic heterocycles. The zero-order chi connectivity index (χ0) is 13.8. The quantitative estimate of drug-likeness (QED) is 0.344. The molecule has 0 aliphatic rings. The van der Waals surface area contributed by atoms with Crippen molar-refractivity contribution in [1.82, 2.24) is 0 Å². The molecule has 0 nitrogen and oxygen atoms in total. The van der Waals surface area contributed by atoms with Crippen LogP contribution in [0, 0.1) is 6.92 Å². The molecule has 0 heterocycles. The molecule has 0 aliphatic carbocycles. The second-order valence-electron chi connectivity index (χ2n) is 4.62. The van der Waals surface area contributed by atoms with E-state index in [9.17, 15) is 0 Å². The molecule has 0 amide bonds. The maximum Gasteiger partial charge on any atom is 1.00 e. The molecule has 0 aromatic heterocycles. The minimum absolute atomic E-state index is 0. The van der Waals surface area contributed by atoms with E-state index in [1.54, 1.807) is 0 Å². The Morgan fingerprint density at radius 1 is 0.500 bits per heavy atom. The van der Waals surface area contributed by atoms with Gasteiger partial charge >= 0.3 is 18.9 Å². The van der Waals surface area contributed by atoms with Gasteiger partial charge in [0, 0.05) is 0 Å². The molecule has 0 fully saturated rings. The summed E-state index contributed by atoms with van der Waals surface area (Å²) in [6.45, 7) is 14.5. The average Bonchev–Trinajstić information content (AvgIpc) is 2.32. The van der Waals surface area contributed by atoms with E-state index in [0.717, 1.165) is 6.42 Å². The van der Waals surface area contributed by atoms with E-state index in [1.807, 2.05) is 6.92 Å². The minimum Gasteiger partial charge on any atom is -0.344 e. The van der Waals surface area contributed by atoms with E-state index in [2.05, 4.69) is 34.6 Å². The Kier molecular flexibility index (Phi) is 54.1. The first-order chi connectivity index (χ1) is 8.24. The largest absolute Gasteiger partial charge is 1.00 e. The van der Waals surface area contributed by atoms with Crippen molar-refractivity contribution in [2.45, 2.75) is 105 Å². The molecule has 0 bridgehead atoms. The maximum atomic E-state index is 3.49. The van der Waals surface area contributed by atoms with E-state index < -0.39 is 0 Å². The van der Waals surface area contributed by atoms with Crippen molar-refractivity contribution >= 4 is 0 Å². The molecule has 0 N–H and O–H groups in total. The van der Waals surface area contributed by atoms with Gasteiger partial charge in [0.1, 0.15) is 0 Å². The molecule has 0 rings (SSSR count). The Bertz CT molecular complexity index is 63.7. The summed E-state index contributed by atoms with van der Waals surface area (Å²) in [5.74, 6) is 0. The van der Waals surface area contributed by atoms with E-state index in [4.69, 9.17) is 0 Å². The van der Waals surface area contributed by atoms with Gasteiger partial charge in [-0.25, -0.2) is 0 Å². The summed E-state index contributed by atoms with van der Waals surface area (Å²) in [7, 11) is 0. The van der Waals surface area contributed by atoms with Crippen LogP contribution >= 0.6 is 0 Å². The fourth-order valence-electron chi connectivity index (χ4n) is 1.35. The molecule has 0 aromatic carbocycles. The summed E-state index contributed by atoms with van der Waals surface area (Å²) in [5.41, 5.74) is 0. The van der Waals surface area contributed by atoms with E-state index >= 15 is 0 Å². The molecule has 0 atom stereocenters. The van der Waals surface area contributed by atoms with Crippen LogP contribution in [0.25, 0.3) is 0 Å². The van der Waals surface area contributed by atoms with Gasteiger partial charge in [0.2, 0.25) is 0 Å². The molecule has 0 spiro atoms. The van der Waals surface area contributed by atoms with Gasteiger partial charge in [-0.05, 0) is 0 Å². The first-order valence-corrected chi connectivity index (χ1v) is 8.04. The number of unbranched alkanes of at least 4 members (excludes halogenated alkanes) is 8. The molecule has 0 unspecified atom stereocenters. The van der Waals surface area contributed by atoms with Crippen LogP contribution in [-0.4, -0.2) is 0 Å². The monoisotopic (exact) mass is 250 g/mol. The van der Waals surface area contributed by atoms with Gasteiger partial charge < -0.3 is 6.92 Å². The van der Waals surface area contributed by atoms with Crippen LogP contribution in [0.1, 0.15) is 105 Å². The zero-order valence-electron chi connectivity index (χ0n) is 14.5. The van der Waals surface area contributed by atoms with Crippen molar-refractivity contribution in [1.29, 1.82) is 0 Å². The van der Waals surface area contributed by atoms with E-state index in [-0.39, 0.29) is 18.9 Å². The molecule has 0 saturated carbocycles. The Morgan fingerprint density at radius 3 is 0.778 bits per heavy atom. The van der Waals surface area contributed by atoms with Crippen LogP contribution in [0.5, 0.6) is 0 Å². The van der Waals surface area contributed by atoms with Crippen LogP contribution in [-0.2, 0) is 0 Å². The second kappa shape index (κ2) is 36.0. The van der Waals surface area contributed by atoms with Crippen LogP contribution in [0.15, 0.2) is 0 Å². The van der Waals surface area contributed by atoms with Gasteiger partial charge in [-0.15, -0.1) is 0 Å². The Morgan fingerprint density at radius 2 is 0.667 bits per heavy atom. The van der Waals surface area contributed by atoms with Crippen molar-refractivity contribution in [3.8, 4) is 0 Å². The molecule has 1 heteroatoms. The topological polar surface area (TPSA) is 0 Å². The molecule has 108 valence electrons. The summed E-state index contributed by atoms with van der Waals surface area (Å²) in [5, 5.41) is 0. The predicted molar refractivity (Wildman–Crippen MR) is 84.5 cm³/mol. The van der Waals surface area contributed by atoms with Crippen LogP contribution < -0.4 is 18.9 Å².